The van der Waals surface area contributed by atoms with Crippen LogP contribution in [0.2, 0.25) is 0 Å². The SMILES string of the molecule is CCN(CC)Cc1cc2ccccc2cc1O. The second kappa shape index (κ2) is 5.19. The summed E-state index contributed by atoms with van der Waals surface area (Å²) < 4.78 is 0. The Morgan fingerprint density at radius 3 is 2.18 bits per heavy atom. The zero-order valence-electron chi connectivity index (χ0n) is 10.5. The van der Waals surface area contributed by atoms with Crippen LogP contribution in [-0.2, 0) is 6.54 Å². The van der Waals surface area contributed by atoms with Crippen molar-refractivity contribution in [3.05, 3.63) is 42.0 Å². The van der Waals surface area contributed by atoms with E-state index in [1.165, 1.54) is 5.39 Å². The van der Waals surface area contributed by atoms with Gasteiger partial charge in [0, 0.05) is 12.1 Å². The van der Waals surface area contributed by atoms with E-state index in [-0.39, 0.29) is 0 Å². The molecule has 0 aliphatic heterocycles. The van der Waals surface area contributed by atoms with Crippen LogP contribution in [-0.4, -0.2) is 23.1 Å². The molecule has 0 saturated carbocycles. The molecule has 0 aliphatic rings. The smallest absolute Gasteiger partial charge is 0.120 e. The highest BCUT2D eigenvalue weighted by atomic mass is 16.3. The van der Waals surface area contributed by atoms with Crippen molar-refractivity contribution in [2.45, 2.75) is 20.4 Å². The van der Waals surface area contributed by atoms with Gasteiger partial charge < -0.3 is 5.11 Å². The van der Waals surface area contributed by atoms with Crippen LogP contribution >= 0.6 is 0 Å². The molecular weight excluding hydrogens is 210 g/mol. The van der Waals surface area contributed by atoms with Gasteiger partial charge in [-0.2, -0.15) is 0 Å². The second-order valence-corrected chi connectivity index (χ2v) is 4.29. The Morgan fingerprint density at radius 1 is 1.00 bits per heavy atom. The maximum absolute atomic E-state index is 10.0. The molecule has 0 bridgehead atoms. The highest BCUT2D eigenvalue weighted by molar-refractivity contribution is 5.84. The first-order chi connectivity index (χ1) is 8.24. The molecule has 0 atom stereocenters. The van der Waals surface area contributed by atoms with Gasteiger partial charge in [0.1, 0.15) is 5.75 Å². The van der Waals surface area contributed by atoms with Crippen LogP contribution < -0.4 is 0 Å². The highest BCUT2D eigenvalue weighted by Gasteiger charge is 2.07. The topological polar surface area (TPSA) is 23.5 Å². The number of phenolic OH excluding ortho intramolecular Hbond substituents is 1. The van der Waals surface area contributed by atoms with E-state index in [9.17, 15) is 5.11 Å². The third-order valence-corrected chi connectivity index (χ3v) is 3.24. The number of hydrogen-bond acceptors (Lipinski definition) is 2. The molecule has 90 valence electrons. The average Bonchev–Trinajstić information content (AvgIpc) is 2.36. The van der Waals surface area contributed by atoms with Crippen molar-refractivity contribution in [3.8, 4) is 5.75 Å². The molecule has 0 spiro atoms. The van der Waals surface area contributed by atoms with Crippen molar-refractivity contribution in [2.24, 2.45) is 0 Å². The van der Waals surface area contributed by atoms with Crippen LogP contribution in [0, 0.1) is 0 Å². The van der Waals surface area contributed by atoms with Crippen LogP contribution in [0.25, 0.3) is 10.8 Å². The van der Waals surface area contributed by atoms with Crippen molar-refractivity contribution in [1.82, 2.24) is 4.90 Å². The van der Waals surface area contributed by atoms with Gasteiger partial charge in [0.2, 0.25) is 0 Å². The fourth-order valence-electron chi connectivity index (χ4n) is 2.09. The Bertz CT molecular complexity index is 503. The van der Waals surface area contributed by atoms with E-state index in [4.69, 9.17) is 0 Å². The van der Waals surface area contributed by atoms with Gasteiger partial charge in [0.25, 0.3) is 0 Å². The molecule has 0 aromatic heterocycles. The van der Waals surface area contributed by atoms with Crippen molar-refractivity contribution in [2.75, 3.05) is 13.1 Å². The Hall–Kier alpha value is -1.54. The van der Waals surface area contributed by atoms with Gasteiger partial charge in [0.15, 0.2) is 0 Å². The molecule has 2 aromatic rings. The minimum atomic E-state index is 0.399. The van der Waals surface area contributed by atoms with E-state index >= 15 is 0 Å². The molecule has 1 N–H and O–H groups in total. The molecule has 0 amide bonds. The van der Waals surface area contributed by atoms with Gasteiger partial charge in [-0.05, 0) is 36.0 Å². The zero-order valence-corrected chi connectivity index (χ0v) is 10.5. The Labute approximate surface area is 102 Å². The van der Waals surface area contributed by atoms with Crippen LogP contribution in [0.1, 0.15) is 19.4 Å². The van der Waals surface area contributed by atoms with Crippen LogP contribution in [0.15, 0.2) is 36.4 Å². The van der Waals surface area contributed by atoms with Gasteiger partial charge >= 0.3 is 0 Å². The average molecular weight is 229 g/mol. The third kappa shape index (κ3) is 2.59. The lowest BCUT2D eigenvalue weighted by molar-refractivity contribution is 0.291. The Balaban J connectivity index is 2.37. The number of hydrogen-bond donors (Lipinski definition) is 1. The lowest BCUT2D eigenvalue weighted by atomic mass is 10.1. The summed E-state index contributed by atoms with van der Waals surface area (Å²) in [4.78, 5) is 2.30. The minimum absolute atomic E-state index is 0.399. The highest BCUT2D eigenvalue weighted by Crippen LogP contribution is 2.25. The lowest BCUT2D eigenvalue weighted by Gasteiger charge is -2.19. The summed E-state index contributed by atoms with van der Waals surface area (Å²) in [5, 5.41) is 12.3. The Morgan fingerprint density at radius 2 is 1.59 bits per heavy atom. The Kier molecular flexibility index (Phi) is 3.64. The predicted molar refractivity (Wildman–Crippen MR) is 72.2 cm³/mol. The molecule has 17 heavy (non-hydrogen) atoms. The molecule has 0 aliphatic carbocycles. The standard InChI is InChI=1S/C15H19NO/c1-3-16(4-2)11-14-9-12-7-5-6-8-13(12)10-15(14)17/h5-10,17H,3-4,11H2,1-2H3. The van der Waals surface area contributed by atoms with Crippen molar-refractivity contribution < 1.29 is 5.11 Å². The predicted octanol–water partition coefficient (Wildman–Crippen LogP) is 3.39. The van der Waals surface area contributed by atoms with Crippen molar-refractivity contribution >= 4 is 10.8 Å². The van der Waals surface area contributed by atoms with Gasteiger partial charge in [0.05, 0.1) is 0 Å². The number of fused-ring (bicyclic) bond motifs is 1. The molecule has 0 unspecified atom stereocenters. The lowest BCUT2D eigenvalue weighted by Crippen LogP contribution is -2.22. The number of aromatic hydroxyl groups is 1. The van der Waals surface area contributed by atoms with Gasteiger partial charge in [-0.15, -0.1) is 0 Å². The summed E-state index contributed by atoms with van der Waals surface area (Å²) in [5.41, 5.74) is 1.01. The summed E-state index contributed by atoms with van der Waals surface area (Å²) in [7, 11) is 0. The van der Waals surface area contributed by atoms with Crippen LogP contribution in [0.4, 0.5) is 0 Å². The number of nitrogens with zero attached hydrogens (tertiary/aromatic N) is 1. The molecule has 2 aromatic carbocycles. The summed E-state index contributed by atoms with van der Waals surface area (Å²) in [6, 6.07) is 12.1. The first kappa shape index (κ1) is 11.9. The summed E-state index contributed by atoms with van der Waals surface area (Å²) in [6.45, 7) is 7.10. The first-order valence-corrected chi connectivity index (χ1v) is 6.17. The van der Waals surface area contributed by atoms with E-state index in [1.807, 2.05) is 24.3 Å². The quantitative estimate of drug-likeness (QED) is 0.868. The van der Waals surface area contributed by atoms with Gasteiger partial charge in [-0.3, -0.25) is 4.90 Å². The molecule has 2 rings (SSSR count). The van der Waals surface area contributed by atoms with Crippen molar-refractivity contribution in [3.63, 3.8) is 0 Å². The van der Waals surface area contributed by atoms with E-state index in [0.717, 1.165) is 30.6 Å². The van der Waals surface area contributed by atoms with E-state index in [2.05, 4.69) is 30.9 Å². The minimum Gasteiger partial charge on any atom is -0.508 e. The third-order valence-electron chi connectivity index (χ3n) is 3.24. The van der Waals surface area contributed by atoms with Gasteiger partial charge in [-0.25, -0.2) is 0 Å². The molecule has 0 heterocycles. The first-order valence-electron chi connectivity index (χ1n) is 6.17. The van der Waals surface area contributed by atoms with E-state index < -0.39 is 0 Å². The maximum atomic E-state index is 10.0. The monoisotopic (exact) mass is 229 g/mol. The molecule has 2 heteroatoms. The molecule has 0 radical (unpaired) electrons. The summed E-state index contributed by atoms with van der Waals surface area (Å²) in [6.07, 6.45) is 0. The summed E-state index contributed by atoms with van der Waals surface area (Å²) in [5.74, 6) is 0.399. The molecular formula is C15H19NO. The molecule has 2 nitrogen and oxygen atoms in total. The summed E-state index contributed by atoms with van der Waals surface area (Å²) >= 11 is 0. The number of rotatable bonds is 4. The van der Waals surface area contributed by atoms with Crippen LogP contribution in [0.3, 0.4) is 0 Å². The van der Waals surface area contributed by atoms with Crippen LogP contribution in [0.5, 0.6) is 5.75 Å². The second-order valence-electron chi connectivity index (χ2n) is 4.29. The van der Waals surface area contributed by atoms with E-state index in [0.29, 0.717) is 5.75 Å². The fraction of sp³-hybridized carbons (Fsp3) is 0.333. The zero-order chi connectivity index (χ0) is 12.3. The van der Waals surface area contributed by atoms with E-state index in [1.54, 1.807) is 0 Å². The van der Waals surface area contributed by atoms with Gasteiger partial charge in [-0.1, -0.05) is 38.1 Å². The normalized spacial score (nSPS) is 11.2. The number of benzene rings is 2. The fourth-order valence-corrected chi connectivity index (χ4v) is 2.09. The molecule has 0 fully saturated rings. The largest absolute Gasteiger partial charge is 0.508 e. The van der Waals surface area contributed by atoms with Crippen molar-refractivity contribution in [1.29, 1.82) is 0 Å². The number of phenols is 1. The maximum Gasteiger partial charge on any atom is 0.120 e. The molecule has 0 saturated heterocycles.